The molecule has 0 bridgehead atoms. The van der Waals surface area contributed by atoms with Crippen molar-refractivity contribution < 1.29 is 14.0 Å². The Morgan fingerprint density at radius 3 is 2.45 bits per heavy atom. The van der Waals surface area contributed by atoms with Crippen LogP contribution >= 0.6 is 11.3 Å². The number of rotatable bonds is 6. The largest absolute Gasteiger partial charge is 0.343 e. The second kappa shape index (κ2) is 9.80. The molecule has 2 amide bonds. The van der Waals surface area contributed by atoms with Gasteiger partial charge < -0.3 is 10.2 Å². The molecule has 3 aromatic rings. The number of halogens is 1. The highest BCUT2D eigenvalue weighted by Crippen LogP contribution is 2.24. The van der Waals surface area contributed by atoms with Crippen LogP contribution in [-0.2, 0) is 11.3 Å². The molecular weight excluding hydrogens is 415 g/mol. The molecule has 0 atom stereocenters. The van der Waals surface area contributed by atoms with Crippen molar-refractivity contribution >= 4 is 23.2 Å². The predicted molar refractivity (Wildman–Crippen MR) is 118 cm³/mol. The maximum absolute atomic E-state index is 13.7. The van der Waals surface area contributed by atoms with Gasteiger partial charge >= 0.3 is 0 Å². The first-order chi connectivity index (χ1) is 15.1. The van der Waals surface area contributed by atoms with Gasteiger partial charge in [0.25, 0.3) is 5.91 Å². The van der Waals surface area contributed by atoms with Crippen molar-refractivity contribution in [3.8, 4) is 10.6 Å². The first-order valence-corrected chi connectivity index (χ1v) is 11.0. The quantitative estimate of drug-likeness (QED) is 0.643. The molecule has 0 radical (unpaired) electrons. The third-order valence-corrected chi connectivity index (χ3v) is 6.14. The summed E-state index contributed by atoms with van der Waals surface area (Å²) in [7, 11) is 0. The Kier molecular flexibility index (Phi) is 6.69. The molecular formula is C23H23FN4O2S. The molecule has 6 nitrogen and oxygen atoms in total. The molecule has 31 heavy (non-hydrogen) atoms. The van der Waals surface area contributed by atoms with Crippen molar-refractivity contribution in [2.24, 2.45) is 0 Å². The van der Waals surface area contributed by atoms with Gasteiger partial charge in [-0.1, -0.05) is 42.5 Å². The van der Waals surface area contributed by atoms with Crippen LogP contribution in [-0.4, -0.2) is 59.3 Å². The van der Waals surface area contributed by atoms with Crippen molar-refractivity contribution in [1.82, 2.24) is 20.1 Å². The van der Waals surface area contributed by atoms with Gasteiger partial charge in [0.1, 0.15) is 10.8 Å². The minimum atomic E-state index is -0.599. The van der Waals surface area contributed by atoms with E-state index in [1.807, 2.05) is 18.2 Å². The zero-order valence-electron chi connectivity index (χ0n) is 17.0. The normalized spacial score (nSPS) is 14.4. The average molecular weight is 439 g/mol. The third-order valence-electron chi connectivity index (χ3n) is 5.20. The maximum Gasteiger partial charge on any atom is 0.254 e. The Hall–Kier alpha value is -3.10. The molecule has 160 valence electrons. The van der Waals surface area contributed by atoms with Crippen molar-refractivity contribution in [3.63, 3.8) is 0 Å². The van der Waals surface area contributed by atoms with E-state index in [1.54, 1.807) is 22.3 Å². The summed E-state index contributed by atoms with van der Waals surface area (Å²) in [6, 6.07) is 15.8. The van der Waals surface area contributed by atoms with Gasteiger partial charge in [-0.15, -0.1) is 11.3 Å². The number of benzene rings is 2. The number of carbonyl (C=O) groups is 2. The van der Waals surface area contributed by atoms with Gasteiger partial charge in [-0.25, -0.2) is 9.37 Å². The standard InChI is InChI=1S/C23H23FN4O2S/c24-20-9-5-4-8-19(20)22(30)25-14-21(29)28-12-10-27(11-13-28)15-18-16-31-23(26-18)17-6-2-1-3-7-17/h1-9,16H,10-15H2,(H,25,30). The van der Waals surface area contributed by atoms with Crippen molar-refractivity contribution in [2.45, 2.75) is 6.54 Å². The summed E-state index contributed by atoms with van der Waals surface area (Å²) in [4.78, 5) is 33.2. The lowest BCUT2D eigenvalue weighted by atomic mass is 10.2. The van der Waals surface area contributed by atoms with Crippen LogP contribution in [0.2, 0.25) is 0 Å². The molecule has 2 heterocycles. The summed E-state index contributed by atoms with van der Waals surface area (Å²) in [5, 5.41) is 5.60. The number of aromatic nitrogens is 1. The summed E-state index contributed by atoms with van der Waals surface area (Å²) in [5.41, 5.74) is 2.09. The fourth-order valence-corrected chi connectivity index (χ4v) is 4.30. The monoisotopic (exact) mass is 438 g/mol. The SMILES string of the molecule is O=C(NCC(=O)N1CCN(Cc2csc(-c3ccccc3)n2)CC1)c1ccccc1F. The number of hydrogen-bond donors (Lipinski definition) is 1. The van der Waals surface area contributed by atoms with Crippen LogP contribution in [0, 0.1) is 5.82 Å². The minimum Gasteiger partial charge on any atom is -0.343 e. The molecule has 4 rings (SSSR count). The average Bonchev–Trinajstić information content (AvgIpc) is 3.27. The highest BCUT2D eigenvalue weighted by molar-refractivity contribution is 7.13. The van der Waals surface area contributed by atoms with Crippen LogP contribution in [0.25, 0.3) is 10.6 Å². The van der Waals surface area contributed by atoms with Crippen molar-refractivity contribution in [2.75, 3.05) is 32.7 Å². The van der Waals surface area contributed by atoms with E-state index in [9.17, 15) is 14.0 Å². The predicted octanol–water partition coefficient (Wildman–Crippen LogP) is 3.02. The molecule has 1 aliphatic heterocycles. The Balaban J connectivity index is 1.23. The maximum atomic E-state index is 13.7. The lowest BCUT2D eigenvalue weighted by Gasteiger charge is -2.34. The van der Waals surface area contributed by atoms with E-state index in [1.165, 1.54) is 18.2 Å². The lowest BCUT2D eigenvalue weighted by Crippen LogP contribution is -2.50. The Labute approximate surface area is 184 Å². The van der Waals surface area contributed by atoms with Gasteiger partial charge in [-0.05, 0) is 12.1 Å². The van der Waals surface area contributed by atoms with E-state index in [4.69, 9.17) is 4.98 Å². The van der Waals surface area contributed by atoms with E-state index >= 15 is 0 Å². The van der Waals surface area contributed by atoms with E-state index < -0.39 is 11.7 Å². The highest BCUT2D eigenvalue weighted by Gasteiger charge is 2.22. The number of amides is 2. The Morgan fingerprint density at radius 1 is 1.00 bits per heavy atom. The first kappa shape index (κ1) is 21.1. The molecule has 0 unspecified atom stereocenters. The summed E-state index contributed by atoms with van der Waals surface area (Å²) in [6.07, 6.45) is 0. The molecule has 8 heteroatoms. The van der Waals surface area contributed by atoms with Gasteiger partial charge in [0.05, 0.1) is 17.8 Å². The van der Waals surface area contributed by atoms with Crippen molar-refractivity contribution in [3.05, 3.63) is 77.1 Å². The second-order valence-electron chi connectivity index (χ2n) is 7.33. The Bertz CT molecular complexity index is 1050. The molecule has 2 aromatic carbocycles. The summed E-state index contributed by atoms with van der Waals surface area (Å²) in [6.45, 7) is 3.26. The highest BCUT2D eigenvalue weighted by atomic mass is 32.1. The van der Waals surface area contributed by atoms with Crippen LogP contribution in [0.3, 0.4) is 0 Å². The summed E-state index contributed by atoms with van der Waals surface area (Å²) in [5.74, 6) is -1.34. The van der Waals surface area contributed by atoms with Crippen LogP contribution < -0.4 is 5.32 Å². The molecule has 1 aliphatic rings. The molecule has 1 fully saturated rings. The molecule has 0 spiro atoms. The van der Waals surface area contributed by atoms with Gasteiger partial charge in [0, 0.05) is 43.7 Å². The van der Waals surface area contributed by atoms with Crippen molar-refractivity contribution in [1.29, 1.82) is 0 Å². The fraction of sp³-hybridized carbons (Fsp3) is 0.261. The van der Waals surface area contributed by atoms with Crippen LogP contribution in [0.4, 0.5) is 4.39 Å². The van der Waals surface area contributed by atoms with E-state index in [0.29, 0.717) is 13.1 Å². The van der Waals surface area contributed by atoms with E-state index in [-0.39, 0.29) is 18.0 Å². The van der Waals surface area contributed by atoms with Crippen LogP contribution in [0.5, 0.6) is 0 Å². The number of piperazine rings is 1. The molecule has 0 saturated carbocycles. The number of nitrogens with zero attached hydrogens (tertiary/aromatic N) is 3. The molecule has 0 aliphatic carbocycles. The van der Waals surface area contributed by atoms with Gasteiger partial charge in [0.15, 0.2) is 0 Å². The molecule has 1 aromatic heterocycles. The smallest absolute Gasteiger partial charge is 0.254 e. The minimum absolute atomic E-state index is 0.0572. The van der Waals surface area contributed by atoms with E-state index in [2.05, 4.69) is 27.7 Å². The van der Waals surface area contributed by atoms with Crippen LogP contribution in [0.15, 0.2) is 60.0 Å². The number of hydrogen-bond acceptors (Lipinski definition) is 5. The first-order valence-electron chi connectivity index (χ1n) is 10.1. The molecule has 1 N–H and O–H groups in total. The number of thiazole rings is 1. The van der Waals surface area contributed by atoms with Gasteiger partial charge in [-0.2, -0.15) is 0 Å². The van der Waals surface area contributed by atoms with E-state index in [0.717, 1.165) is 35.9 Å². The zero-order chi connectivity index (χ0) is 21.6. The third kappa shape index (κ3) is 5.34. The summed E-state index contributed by atoms with van der Waals surface area (Å²) < 4.78 is 13.7. The van der Waals surface area contributed by atoms with Gasteiger partial charge in [0.2, 0.25) is 5.91 Å². The van der Waals surface area contributed by atoms with Gasteiger partial charge in [-0.3, -0.25) is 14.5 Å². The Morgan fingerprint density at radius 2 is 1.71 bits per heavy atom. The fourth-order valence-electron chi connectivity index (χ4n) is 3.49. The van der Waals surface area contributed by atoms with Crippen LogP contribution in [0.1, 0.15) is 16.1 Å². The molecule has 1 saturated heterocycles. The topological polar surface area (TPSA) is 65.5 Å². The number of carbonyl (C=O) groups excluding carboxylic acids is 2. The second-order valence-corrected chi connectivity index (χ2v) is 8.19. The zero-order valence-corrected chi connectivity index (χ0v) is 17.8. The lowest BCUT2D eigenvalue weighted by molar-refractivity contribution is -0.131. The number of nitrogens with one attached hydrogen (secondary N) is 1. The summed E-state index contributed by atoms with van der Waals surface area (Å²) >= 11 is 1.64.